The van der Waals surface area contributed by atoms with Gasteiger partial charge in [-0.2, -0.15) is 0 Å². The monoisotopic (exact) mass is 502 g/mol. The lowest BCUT2D eigenvalue weighted by Gasteiger charge is -2.36. The van der Waals surface area contributed by atoms with E-state index in [1.165, 1.54) is 4.57 Å². The van der Waals surface area contributed by atoms with Crippen LogP contribution in [-0.2, 0) is 6.54 Å². The molecule has 1 atom stereocenters. The van der Waals surface area contributed by atoms with Crippen molar-refractivity contribution < 1.29 is 19.6 Å². The number of anilines is 1. The number of nitrogens with zero attached hydrogens (tertiary/aromatic N) is 6. The van der Waals surface area contributed by atoms with E-state index in [-0.39, 0.29) is 18.9 Å². The minimum Gasteiger partial charge on any atom is -0.387 e. The van der Waals surface area contributed by atoms with Gasteiger partial charge < -0.3 is 20.1 Å². The molecule has 2 amide bonds. The van der Waals surface area contributed by atoms with Gasteiger partial charge >= 0.3 is 5.82 Å². The van der Waals surface area contributed by atoms with Crippen molar-refractivity contribution in [1.29, 1.82) is 0 Å². The van der Waals surface area contributed by atoms with Crippen molar-refractivity contribution >= 4 is 34.1 Å². The zero-order chi connectivity index (χ0) is 26.3. The Hall–Kier alpha value is -4.27. The van der Waals surface area contributed by atoms with Crippen molar-refractivity contribution in [2.24, 2.45) is 0 Å². The number of amides is 2. The number of terminal acetylenes is 1. The van der Waals surface area contributed by atoms with Crippen LogP contribution in [-0.4, -0.2) is 86.6 Å². The first kappa shape index (κ1) is 24.4. The molecule has 1 saturated heterocycles. The third kappa shape index (κ3) is 4.30. The predicted octanol–water partition coefficient (Wildman–Crippen LogP) is 1.67. The number of carbonyl (C=O) groups excluding carboxylic acids is 2. The number of nitro groups is 1. The molecule has 1 fully saturated rings. The molecule has 2 aromatic carbocycles. The molecule has 0 spiro atoms. The van der Waals surface area contributed by atoms with Gasteiger partial charge in [-0.3, -0.25) is 19.4 Å². The van der Waals surface area contributed by atoms with Gasteiger partial charge in [0.15, 0.2) is 5.82 Å². The molecule has 190 valence electrons. The molecule has 3 aromatic rings. The maximum absolute atomic E-state index is 13.4. The number of imidazole rings is 1. The summed E-state index contributed by atoms with van der Waals surface area (Å²) >= 11 is 0. The van der Waals surface area contributed by atoms with Gasteiger partial charge in [0, 0.05) is 60.7 Å². The molecule has 5 rings (SSSR count). The summed E-state index contributed by atoms with van der Waals surface area (Å²) in [5, 5.41) is 23.4. The lowest BCUT2D eigenvalue weighted by molar-refractivity contribution is -0.392. The van der Waals surface area contributed by atoms with E-state index in [1.807, 2.05) is 12.1 Å². The van der Waals surface area contributed by atoms with Crippen LogP contribution in [0.1, 0.15) is 26.5 Å². The molecule has 2 aliphatic heterocycles. The molecular weight excluding hydrogens is 476 g/mol. The highest BCUT2D eigenvalue weighted by Gasteiger charge is 2.36. The Bertz CT molecular complexity index is 1430. The number of carbonyl (C=O) groups is 2. The van der Waals surface area contributed by atoms with Crippen LogP contribution in [0.5, 0.6) is 0 Å². The zero-order valence-corrected chi connectivity index (χ0v) is 20.3. The normalized spacial score (nSPS) is 16.8. The first-order chi connectivity index (χ1) is 17.8. The van der Waals surface area contributed by atoms with E-state index in [9.17, 15) is 24.8 Å². The van der Waals surface area contributed by atoms with Gasteiger partial charge in [0.1, 0.15) is 18.8 Å². The van der Waals surface area contributed by atoms with Crippen molar-refractivity contribution in [2.45, 2.75) is 19.6 Å². The third-order valence-electron chi connectivity index (χ3n) is 7.00. The summed E-state index contributed by atoms with van der Waals surface area (Å²) in [4.78, 5) is 46.9. The average Bonchev–Trinajstić information content (AvgIpc) is 3.25. The van der Waals surface area contributed by atoms with Gasteiger partial charge in [-0.15, -0.1) is 6.42 Å². The van der Waals surface area contributed by atoms with E-state index < -0.39 is 22.8 Å². The van der Waals surface area contributed by atoms with E-state index in [2.05, 4.69) is 20.7 Å². The van der Waals surface area contributed by atoms with Crippen LogP contribution < -0.4 is 4.90 Å². The second kappa shape index (κ2) is 9.65. The summed E-state index contributed by atoms with van der Waals surface area (Å²) in [6, 6.07) is 9.02. The number of hydrogen-bond acceptors (Lipinski definition) is 8. The van der Waals surface area contributed by atoms with Crippen LogP contribution in [0.15, 0.2) is 36.5 Å². The quantitative estimate of drug-likeness (QED) is 0.224. The molecule has 37 heavy (non-hydrogen) atoms. The number of benzene rings is 2. The highest BCUT2D eigenvalue weighted by molar-refractivity contribution is 6.26. The van der Waals surface area contributed by atoms with Crippen molar-refractivity contribution in [2.75, 3.05) is 44.2 Å². The predicted molar refractivity (Wildman–Crippen MR) is 136 cm³/mol. The van der Waals surface area contributed by atoms with Crippen LogP contribution in [0.4, 0.5) is 11.5 Å². The van der Waals surface area contributed by atoms with Crippen molar-refractivity contribution in [3.63, 3.8) is 0 Å². The summed E-state index contributed by atoms with van der Waals surface area (Å²) < 4.78 is 1.26. The zero-order valence-electron chi connectivity index (χ0n) is 20.3. The lowest BCUT2D eigenvalue weighted by Crippen LogP contribution is -2.47. The van der Waals surface area contributed by atoms with Gasteiger partial charge in [0.05, 0.1) is 13.1 Å². The molecule has 0 radical (unpaired) electrons. The van der Waals surface area contributed by atoms with Crippen LogP contribution in [0.2, 0.25) is 0 Å². The summed E-state index contributed by atoms with van der Waals surface area (Å²) in [6.45, 7) is 4.91. The van der Waals surface area contributed by atoms with E-state index in [0.29, 0.717) is 28.9 Å². The van der Waals surface area contributed by atoms with Crippen molar-refractivity contribution in [3.8, 4) is 12.3 Å². The summed E-state index contributed by atoms with van der Waals surface area (Å²) in [5.41, 5.74) is 1.73. The smallest absolute Gasteiger partial charge is 0.342 e. The maximum atomic E-state index is 13.4. The third-order valence-corrected chi connectivity index (χ3v) is 7.00. The molecule has 0 aliphatic carbocycles. The highest BCUT2D eigenvalue weighted by Crippen LogP contribution is 2.36. The molecule has 2 aliphatic rings. The summed E-state index contributed by atoms with van der Waals surface area (Å²) in [6.07, 6.45) is 5.33. The second-order valence-corrected chi connectivity index (χ2v) is 9.23. The van der Waals surface area contributed by atoms with Gasteiger partial charge in [0.25, 0.3) is 11.8 Å². The van der Waals surface area contributed by atoms with Gasteiger partial charge in [0.2, 0.25) is 0 Å². The number of aromatic nitrogens is 2. The molecule has 11 nitrogen and oxygen atoms in total. The van der Waals surface area contributed by atoms with Gasteiger partial charge in [-0.25, -0.2) is 9.55 Å². The fraction of sp³-hybridized carbons (Fsp3) is 0.346. The minimum atomic E-state index is -1.22. The largest absolute Gasteiger partial charge is 0.387 e. The molecule has 1 unspecified atom stereocenters. The average molecular weight is 503 g/mol. The van der Waals surface area contributed by atoms with E-state index >= 15 is 0 Å². The molecule has 3 heterocycles. The molecule has 1 N–H and O–H groups in total. The molecule has 0 saturated carbocycles. The number of imide groups is 1. The Morgan fingerprint density at radius 1 is 1.11 bits per heavy atom. The van der Waals surface area contributed by atoms with Crippen LogP contribution in [0.25, 0.3) is 10.8 Å². The Labute approximate surface area is 213 Å². The van der Waals surface area contributed by atoms with Gasteiger partial charge in [-0.05, 0) is 23.1 Å². The molecule has 0 bridgehead atoms. The number of aryl methyl sites for hydroxylation is 1. The first-order valence-electron chi connectivity index (χ1n) is 12.0. The summed E-state index contributed by atoms with van der Waals surface area (Å²) in [7, 11) is 0. The maximum Gasteiger partial charge on any atom is 0.342 e. The topological polar surface area (TPSA) is 125 Å². The van der Waals surface area contributed by atoms with E-state index in [1.54, 1.807) is 25.1 Å². The standard InChI is InChI=1S/C26H26N6O5/c1-3-9-28-10-12-29(13-11-28)22-8-7-21-24-19(22)5-4-6-20(24)25(34)31(26(21)35)16-18(33)15-30-17(2)27-14-23(30)32(36)37/h1,4-8,14,18,33H,9-13,15-16H2,2H3. The van der Waals surface area contributed by atoms with Crippen LogP contribution in [0.3, 0.4) is 0 Å². The molecule has 11 heteroatoms. The number of hydrogen-bond donors (Lipinski definition) is 1. The SMILES string of the molecule is C#CCN1CCN(c2ccc3c4c(cccc24)C(=O)N(CC(O)Cn2c([N+](=O)[O-])cnc2C)C3=O)CC1. The lowest BCUT2D eigenvalue weighted by atomic mass is 9.92. The summed E-state index contributed by atoms with van der Waals surface area (Å²) in [5.74, 6) is 1.75. The van der Waals surface area contributed by atoms with Crippen LogP contribution in [0, 0.1) is 29.4 Å². The Balaban J connectivity index is 1.41. The fourth-order valence-electron chi connectivity index (χ4n) is 5.16. The van der Waals surface area contributed by atoms with Crippen molar-refractivity contribution in [1.82, 2.24) is 19.4 Å². The molecular formula is C26H26N6O5. The van der Waals surface area contributed by atoms with Crippen LogP contribution >= 0.6 is 0 Å². The first-order valence-corrected chi connectivity index (χ1v) is 12.0. The number of aliphatic hydroxyl groups is 1. The van der Waals surface area contributed by atoms with E-state index in [0.717, 1.165) is 48.3 Å². The number of β-amino-alcohol motifs (C(OH)–C–C–N with tert-alkyl or cyclic N) is 1. The number of aliphatic hydroxyl groups excluding tert-OH is 1. The minimum absolute atomic E-state index is 0.180. The Kier molecular flexibility index (Phi) is 6.37. The number of piperazine rings is 1. The van der Waals surface area contributed by atoms with Gasteiger partial charge in [-0.1, -0.05) is 18.1 Å². The fourth-order valence-corrected chi connectivity index (χ4v) is 5.16. The Morgan fingerprint density at radius 3 is 2.49 bits per heavy atom. The second-order valence-electron chi connectivity index (χ2n) is 9.23. The van der Waals surface area contributed by atoms with E-state index in [4.69, 9.17) is 6.42 Å². The Morgan fingerprint density at radius 2 is 1.81 bits per heavy atom. The van der Waals surface area contributed by atoms with Crippen molar-refractivity contribution in [3.05, 3.63) is 63.6 Å². The number of rotatable bonds is 7. The molecule has 1 aromatic heterocycles. The highest BCUT2D eigenvalue weighted by atomic mass is 16.6.